The third-order valence-corrected chi connectivity index (χ3v) is 8.38. The third kappa shape index (κ3) is 4.41. The van der Waals surface area contributed by atoms with Crippen molar-refractivity contribution in [2.24, 2.45) is 0 Å². The molecule has 0 radical (unpaired) electrons. The van der Waals surface area contributed by atoms with Crippen molar-refractivity contribution in [2.45, 2.75) is 24.7 Å². The third-order valence-electron chi connectivity index (χ3n) is 5.56. The molecule has 3 aromatic rings. The van der Waals surface area contributed by atoms with Crippen LogP contribution in [0.3, 0.4) is 0 Å². The first-order valence-electron chi connectivity index (χ1n) is 10.5. The summed E-state index contributed by atoms with van der Waals surface area (Å²) < 4.78 is 94.6. The molecule has 1 saturated heterocycles. The number of anilines is 1. The number of halogens is 5. The van der Waals surface area contributed by atoms with E-state index in [1.807, 2.05) is 34.5 Å². The fourth-order valence-corrected chi connectivity index (χ4v) is 6.16. The number of sulfonamides is 1. The standard InChI is InChI=1S/C22H20F5N3O2S2/c1-2-3-13-4-6-14(7-5-13)15-12-33-22(28-15)29-8-10-30(11-9-29)34(31,32)21-19(26)17(24)16(23)18(25)20(21)27/h4-7,12H,2-3,8-11H2,1H3. The molecule has 0 bridgehead atoms. The average Bonchev–Trinajstić information content (AvgIpc) is 3.33. The summed E-state index contributed by atoms with van der Waals surface area (Å²) in [5.41, 5.74) is 2.93. The minimum absolute atomic E-state index is 0.136. The Hall–Kier alpha value is -2.57. The predicted molar refractivity (Wildman–Crippen MR) is 119 cm³/mol. The van der Waals surface area contributed by atoms with Gasteiger partial charge in [0.25, 0.3) is 0 Å². The van der Waals surface area contributed by atoms with Gasteiger partial charge in [0.2, 0.25) is 15.8 Å². The molecular weight excluding hydrogens is 497 g/mol. The lowest BCUT2D eigenvalue weighted by atomic mass is 10.1. The molecule has 182 valence electrons. The zero-order valence-corrected chi connectivity index (χ0v) is 19.6. The van der Waals surface area contributed by atoms with Crippen LogP contribution in [0.1, 0.15) is 18.9 Å². The van der Waals surface area contributed by atoms with Crippen LogP contribution >= 0.6 is 11.3 Å². The first kappa shape index (κ1) is 24.6. The summed E-state index contributed by atoms with van der Waals surface area (Å²) in [6.07, 6.45) is 2.03. The van der Waals surface area contributed by atoms with Gasteiger partial charge in [0.05, 0.1) is 5.69 Å². The molecule has 12 heteroatoms. The summed E-state index contributed by atoms with van der Waals surface area (Å²) in [5.74, 6) is -11.7. The maximum atomic E-state index is 14.1. The number of piperazine rings is 1. The molecule has 34 heavy (non-hydrogen) atoms. The molecule has 2 aromatic carbocycles. The van der Waals surface area contributed by atoms with E-state index in [1.165, 1.54) is 16.9 Å². The molecule has 0 saturated carbocycles. The van der Waals surface area contributed by atoms with Gasteiger partial charge in [-0.05, 0) is 12.0 Å². The number of thiazole rings is 1. The summed E-state index contributed by atoms with van der Waals surface area (Å²) in [7, 11) is -4.94. The number of aryl methyl sites for hydroxylation is 1. The molecule has 2 heterocycles. The zero-order chi connectivity index (χ0) is 24.6. The number of nitrogens with zero attached hydrogens (tertiary/aromatic N) is 3. The second-order valence-electron chi connectivity index (χ2n) is 7.75. The summed E-state index contributed by atoms with van der Waals surface area (Å²) in [6.45, 7) is 1.97. The lowest BCUT2D eigenvalue weighted by molar-refractivity contribution is 0.344. The van der Waals surface area contributed by atoms with Crippen molar-refractivity contribution in [3.8, 4) is 11.3 Å². The maximum Gasteiger partial charge on any atom is 0.249 e. The molecule has 0 atom stereocenters. The number of hydrogen-bond acceptors (Lipinski definition) is 5. The second-order valence-corrected chi connectivity index (χ2v) is 10.5. The van der Waals surface area contributed by atoms with E-state index in [1.54, 1.807) is 0 Å². The molecule has 1 aromatic heterocycles. The second kappa shape index (κ2) is 9.59. The lowest BCUT2D eigenvalue weighted by Crippen LogP contribution is -2.49. The molecule has 1 aliphatic heterocycles. The largest absolute Gasteiger partial charge is 0.345 e. The van der Waals surface area contributed by atoms with E-state index in [0.717, 1.165) is 24.1 Å². The first-order chi connectivity index (χ1) is 16.1. The van der Waals surface area contributed by atoms with Crippen LogP contribution in [-0.4, -0.2) is 43.9 Å². The highest BCUT2D eigenvalue weighted by molar-refractivity contribution is 7.89. The van der Waals surface area contributed by atoms with Crippen LogP contribution in [0.15, 0.2) is 34.5 Å². The van der Waals surface area contributed by atoms with Crippen LogP contribution in [0, 0.1) is 29.1 Å². The van der Waals surface area contributed by atoms with Crippen LogP contribution in [0.2, 0.25) is 0 Å². The van der Waals surface area contributed by atoms with Gasteiger partial charge in [0.1, 0.15) is 0 Å². The van der Waals surface area contributed by atoms with E-state index in [4.69, 9.17) is 0 Å². The Morgan fingerprint density at radius 2 is 1.44 bits per heavy atom. The van der Waals surface area contributed by atoms with Gasteiger partial charge in [-0.25, -0.2) is 35.4 Å². The molecule has 5 nitrogen and oxygen atoms in total. The number of benzene rings is 2. The smallest absolute Gasteiger partial charge is 0.249 e. The zero-order valence-electron chi connectivity index (χ0n) is 18.0. The summed E-state index contributed by atoms with van der Waals surface area (Å²) in [5, 5.41) is 2.52. The molecule has 4 rings (SSSR count). The SMILES string of the molecule is CCCc1ccc(-c2csc(N3CCN(S(=O)(=O)c4c(F)c(F)c(F)c(F)c4F)CC3)n2)cc1. The Kier molecular flexibility index (Phi) is 6.92. The highest BCUT2D eigenvalue weighted by Crippen LogP contribution is 2.32. The van der Waals surface area contributed by atoms with Crippen molar-refractivity contribution in [1.29, 1.82) is 0 Å². The fourth-order valence-electron chi connectivity index (χ4n) is 3.73. The van der Waals surface area contributed by atoms with Crippen LogP contribution in [0.4, 0.5) is 27.1 Å². The Labute approximate surface area is 197 Å². The van der Waals surface area contributed by atoms with Crippen LogP contribution in [-0.2, 0) is 16.4 Å². The minimum Gasteiger partial charge on any atom is -0.345 e. The number of rotatable bonds is 6. The van der Waals surface area contributed by atoms with E-state index in [0.29, 0.717) is 9.44 Å². The summed E-state index contributed by atoms with van der Waals surface area (Å²) in [4.78, 5) is 4.58. The van der Waals surface area contributed by atoms with Crippen molar-refractivity contribution in [1.82, 2.24) is 9.29 Å². The molecule has 0 unspecified atom stereocenters. The van der Waals surface area contributed by atoms with Crippen molar-refractivity contribution in [2.75, 3.05) is 31.1 Å². The van der Waals surface area contributed by atoms with Crippen LogP contribution < -0.4 is 4.90 Å². The van der Waals surface area contributed by atoms with Gasteiger partial charge in [-0.15, -0.1) is 11.3 Å². The van der Waals surface area contributed by atoms with E-state index < -0.39 is 44.0 Å². The highest BCUT2D eigenvalue weighted by Gasteiger charge is 2.38. The van der Waals surface area contributed by atoms with Gasteiger partial charge < -0.3 is 4.90 Å². The molecule has 0 amide bonds. The Morgan fingerprint density at radius 3 is 2.00 bits per heavy atom. The quantitative estimate of drug-likeness (QED) is 0.263. The molecule has 0 aliphatic carbocycles. The Morgan fingerprint density at radius 1 is 0.882 bits per heavy atom. The van der Waals surface area contributed by atoms with Crippen molar-refractivity contribution >= 4 is 26.5 Å². The van der Waals surface area contributed by atoms with E-state index in [2.05, 4.69) is 11.9 Å². The van der Waals surface area contributed by atoms with Crippen molar-refractivity contribution < 1.29 is 30.4 Å². The van der Waals surface area contributed by atoms with Crippen molar-refractivity contribution in [3.05, 3.63) is 64.3 Å². The average molecular weight is 518 g/mol. The minimum atomic E-state index is -4.94. The fraction of sp³-hybridized carbons (Fsp3) is 0.318. The maximum absolute atomic E-state index is 14.1. The number of hydrogen-bond donors (Lipinski definition) is 0. The molecule has 0 spiro atoms. The highest BCUT2D eigenvalue weighted by atomic mass is 32.2. The van der Waals surface area contributed by atoms with E-state index in [-0.39, 0.29) is 26.2 Å². The summed E-state index contributed by atoms with van der Waals surface area (Å²) in [6, 6.07) is 8.05. The predicted octanol–water partition coefficient (Wildman–Crippen LogP) is 4.97. The van der Waals surface area contributed by atoms with Gasteiger partial charge in [-0.1, -0.05) is 37.6 Å². The van der Waals surface area contributed by atoms with Gasteiger partial charge in [0.15, 0.2) is 33.3 Å². The van der Waals surface area contributed by atoms with E-state index in [9.17, 15) is 30.4 Å². The lowest BCUT2D eigenvalue weighted by Gasteiger charge is -2.33. The topological polar surface area (TPSA) is 53.5 Å². The van der Waals surface area contributed by atoms with Crippen LogP contribution in [0.25, 0.3) is 11.3 Å². The summed E-state index contributed by atoms with van der Waals surface area (Å²) >= 11 is 1.37. The molecule has 1 aliphatic rings. The van der Waals surface area contributed by atoms with Gasteiger partial charge in [0, 0.05) is 37.1 Å². The van der Waals surface area contributed by atoms with Gasteiger partial charge >= 0.3 is 0 Å². The normalized spacial score (nSPS) is 15.2. The van der Waals surface area contributed by atoms with Crippen molar-refractivity contribution in [3.63, 3.8) is 0 Å². The molecule has 1 fully saturated rings. The van der Waals surface area contributed by atoms with Gasteiger partial charge in [-0.2, -0.15) is 4.31 Å². The van der Waals surface area contributed by atoms with E-state index >= 15 is 0 Å². The number of aromatic nitrogens is 1. The molecule has 0 N–H and O–H groups in total. The monoisotopic (exact) mass is 517 g/mol. The first-order valence-corrected chi connectivity index (χ1v) is 12.8. The van der Waals surface area contributed by atoms with Gasteiger partial charge in [-0.3, -0.25) is 0 Å². The Bertz CT molecular complexity index is 1280. The molecular formula is C22H20F5N3O2S2. The Balaban J connectivity index is 1.49. The van der Waals surface area contributed by atoms with Crippen LogP contribution in [0.5, 0.6) is 0 Å².